The number of hydrogen-bond acceptors (Lipinski definition) is 4. The molecule has 1 saturated heterocycles. The van der Waals surface area contributed by atoms with E-state index in [-0.39, 0.29) is 29.7 Å². The second-order valence-corrected chi connectivity index (χ2v) is 6.45. The molecular weight excluding hydrogens is 323 g/mol. The summed E-state index contributed by atoms with van der Waals surface area (Å²) in [5.41, 5.74) is 1.07. The van der Waals surface area contributed by atoms with Gasteiger partial charge in [-0.15, -0.1) is 0 Å². The summed E-state index contributed by atoms with van der Waals surface area (Å²) < 4.78 is 20.6. The van der Waals surface area contributed by atoms with Gasteiger partial charge in [0.05, 0.1) is 18.7 Å². The molecule has 0 radical (unpaired) electrons. The van der Waals surface area contributed by atoms with Gasteiger partial charge in [0.2, 0.25) is 5.91 Å². The molecule has 2 N–H and O–H groups in total. The maximum Gasteiger partial charge on any atom is 0.225 e. The van der Waals surface area contributed by atoms with Crippen molar-refractivity contribution in [1.82, 2.24) is 20.4 Å². The minimum atomic E-state index is -0.343. The third-order valence-corrected chi connectivity index (χ3v) is 4.40. The second-order valence-electron chi connectivity index (χ2n) is 6.45. The fraction of sp³-hybridized carbons (Fsp3) is 0.444. The fourth-order valence-corrected chi connectivity index (χ4v) is 3.13. The van der Waals surface area contributed by atoms with Crippen LogP contribution in [0, 0.1) is 11.7 Å². The molecule has 7 heteroatoms. The summed E-state index contributed by atoms with van der Waals surface area (Å²) in [5, 5.41) is 10.4. The second kappa shape index (κ2) is 7.65. The first-order valence-corrected chi connectivity index (χ1v) is 8.42. The number of nitrogens with one attached hydrogen (secondary N) is 2. The van der Waals surface area contributed by atoms with Crippen LogP contribution >= 0.6 is 0 Å². The van der Waals surface area contributed by atoms with Gasteiger partial charge < -0.3 is 15.4 Å². The molecule has 0 saturated carbocycles. The van der Waals surface area contributed by atoms with Crippen LogP contribution in [-0.2, 0) is 11.8 Å². The van der Waals surface area contributed by atoms with Crippen molar-refractivity contribution in [3.63, 3.8) is 0 Å². The number of ether oxygens (including phenoxy) is 1. The van der Waals surface area contributed by atoms with Crippen LogP contribution in [0.25, 0.3) is 0 Å². The average Bonchev–Trinajstić information content (AvgIpc) is 3.21. The summed E-state index contributed by atoms with van der Waals surface area (Å²) in [6.45, 7) is 3.62. The molecule has 1 fully saturated rings. The predicted octanol–water partition coefficient (Wildman–Crippen LogP) is 1.45. The van der Waals surface area contributed by atoms with E-state index in [1.165, 1.54) is 12.1 Å². The molecule has 0 aliphatic carbocycles. The molecule has 2 heterocycles. The molecule has 0 bridgehead atoms. The Morgan fingerprint density at radius 3 is 3.08 bits per heavy atom. The van der Waals surface area contributed by atoms with E-state index in [9.17, 15) is 9.18 Å². The summed E-state index contributed by atoms with van der Waals surface area (Å²) in [6, 6.07) is 5.99. The number of amides is 1. The molecule has 1 aliphatic rings. The molecule has 1 aromatic carbocycles. The number of hydrogen-bond donors (Lipinski definition) is 2. The van der Waals surface area contributed by atoms with Gasteiger partial charge in [-0.05, 0) is 24.6 Å². The first kappa shape index (κ1) is 17.4. The molecule has 134 valence electrons. The lowest BCUT2D eigenvalue weighted by Crippen LogP contribution is -2.39. The maximum absolute atomic E-state index is 13.2. The molecule has 0 spiro atoms. The van der Waals surface area contributed by atoms with Crippen LogP contribution < -0.4 is 15.4 Å². The first-order valence-electron chi connectivity index (χ1n) is 8.42. The number of benzene rings is 1. The largest absolute Gasteiger partial charge is 0.489 e. The Kier molecular flexibility index (Phi) is 5.33. The number of nitrogens with zero attached hydrogens (tertiary/aromatic N) is 2. The Morgan fingerprint density at radius 1 is 1.52 bits per heavy atom. The molecule has 1 amide bonds. The molecular formula is C18H23FN4O2. The van der Waals surface area contributed by atoms with Crippen molar-refractivity contribution in [2.75, 3.05) is 19.6 Å². The number of aryl methyl sites for hydroxylation is 1. The van der Waals surface area contributed by atoms with Gasteiger partial charge in [0.25, 0.3) is 0 Å². The van der Waals surface area contributed by atoms with Crippen molar-refractivity contribution in [2.45, 2.75) is 18.9 Å². The number of carbonyl (C=O) groups excluding carboxylic acids is 1. The van der Waals surface area contributed by atoms with Crippen molar-refractivity contribution < 1.29 is 13.9 Å². The zero-order valence-electron chi connectivity index (χ0n) is 14.4. The lowest BCUT2D eigenvalue weighted by Gasteiger charge is -2.20. The van der Waals surface area contributed by atoms with E-state index in [1.807, 2.05) is 26.4 Å². The Bertz CT molecular complexity index is 733. The van der Waals surface area contributed by atoms with Gasteiger partial charge in [0.15, 0.2) is 0 Å². The molecule has 1 unspecified atom stereocenters. The van der Waals surface area contributed by atoms with Crippen LogP contribution in [0.15, 0.2) is 36.7 Å². The first-order chi connectivity index (χ1) is 12.0. The average molecular weight is 346 g/mol. The van der Waals surface area contributed by atoms with Gasteiger partial charge >= 0.3 is 0 Å². The Labute approximate surface area is 146 Å². The van der Waals surface area contributed by atoms with Gasteiger partial charge in [-0.1, -0.05) is 6.07 Å². The molecule has 1 aromatic heterocycles. The molecule has 2 aromatic rings. The van der Waals surface area contributed by atoms with Crippen molar-refractivity contribution in [3.05, 3.63) is 48.0 Å². The van der Waals surface area contributed by atoms with E-state index in [4.69, 9.17) is 4.74 Å². The van der Waals surface area contributed by atoms with Gasteiger partial charge in [-0.3, -0.25) is 9.48 Å². The topological polar surface area (TPSA) is 68.2 Å². The number of rotatable bonds is 6. The van der Waals surface area contributed by atoms with E-state index < -0.39 is 0 Å². The SMILES string of the molecule is CC(CNC(=O)[C@H]1CNC[C@@H]1c1cnn(C)c1)Oc1cccc(F)c1. The summed E-state index contributed by atoms with van der Waals surface area (Å²) in [5.74, 6) is 0.0925. The summed E-state index contributed by atoms with van der Waals surface area (Å²) in [6.07, 6.45) is 3.51. The Morgan fingerprint density at radius 2 is 2.36 bits per heavy atom. The Hall–Kier alpha value is -2.41. The van der Waals surface area contributed by atoms with Crippen LogP contribution in [-0.4, -0.2) is 41.4 Å². The highest BCUT2D eigenvalue weighted by Gasteiger charge is 2.34. The van der Waals surface area contributed by atoms with E-state index in [1.54, 1.807) is 16.8 Å². The standard InChI is InChI=1S/C18H23FN4O2/c1-12(25-15-5-3-4-14(19)6-15)7-21-18(24)17-10-20-9-16(17)13-8-22-23(2)11-13/h3-6,8,11-12,16-17,20H,7,9-10H2,1-2H3,(H,21,24)/t12?,16-,17+/m1/s1. The number of aromatic nitrogens is 2. The van der Waals surface area contributed by atoms with Crippen LogP contribution in [0.1, 0.15) is 18.4 Å². The lowest BCUT2D eigenvalue weighted by molar-refractivity contribution is -0.125. The minimum absolute atomic E-state index is 0.00598. The van der Waals surface area contributed by atoms with Gasteiger partial charge in [0, 0.05) is 38.3 Å². The summed E-state index contributed by atoms with van der Waals surface area (Å²) in [4.78, 5) is 12.6. The normalized spacial score (nSPS) is 21.1. The summed E-state index contributed by atoms with van der Waals surface area (Å²) >= 11 is 0. The smallest absolute Gasteiger partial charge is 0.225 e. The Balaban J connectivity index is 1.53. The monoisotopic (exact) mass is 346 g/mol. The molecule has 25 heavy (non-hydrogen) atoms. The maximum atomic E-state index is 13.2. The van der Waals surface area contributed by atoms with E-state index in [0.717, 1.165) is 12.1 Å². The van der Waals surface area contributed by atoms with Crippen LogP contribution in [0.3, 0.4) is 0 Å². The number of halogens is 1. The highest BCUT2D eigenvalue weighted by molar-refractivity contribution is 5.80. The highest BCUT2D eigenvalue weighted by atomic mass is 19.1. The van der Waals surface area contributed by atoms with E-state index >= 15 is 0 Å². The van der Waals surface area contributed by atoms with Gasteiger partial charge in [0.1, 0.15) is 17.7 Å². The van der Waals surface area contributed by atoms with Gasteiger partial charge in [-0.2, -0.15) is 5.10 Å². The third-order valence-electron chi connectivity index (χ3n) is 4.40. The fourth-order valence-electron chi connectivity index (χ4n) is 3.13. The van der Waals surface area contributed by atoms with Crippen molar-refractivity contribution in [1.29, 1.82) is 0 Å². The third kappa shape index (κ3) is 4.36. The minimum Gasteiger partial charge on any atom is -0.489 e. The summed E-state index contributed by atoms with van der Waals surface area (Å²) in [7, 11) is 1.87. The van der Waals surface area contributed by atoms with Gasteiger partial charge in [-0.25, -0.2) is 4.39 Å². The van der Waals surface area contributed by atoms with Crippen LogP contribution in [0.2, 0.25) is 0 Å². The van der Waals surface area contributed by atoms with Crippen LogP contribution in [0.4, 0.5) is 4.39 Å². The molecule has 3 atom stereocenters. The molecule has 3 rings (SSSR count). The van der Waals surface area contributed by atoms with Crippen LogP contribution in [0.5, 0.6) is 5.75 Å². The van der Waals surface area contributed by atoms with Crippen molar-refractivity contribution in [2.24, 2.45) is 13.0 Å². The van der Waals surface area contributed by atoms with E-state index in [2.05, 4.69) is 15.7 Å². The van der Waals surface area contributed by atoms with Crippen molar-refractivity contribution in [3.8, 4) is 5.75 Å². The quantitative estimate of drug-likeness (QED) is 0.831. The zero-order valence-corrected chi connectivity index (χ0v) is 14.4. The molecule has 6 nitrogen and oxygen atoms in total. The zero-order chi connectivity index (χ0) is 17.8. The number of carbonyl (C=O) groups is 1. The van der Waals surface area contributed by atoms with E-state index in [0.29, 0.717) is 18.8 Å². The highest BCUT2D eigenvalue weighted by Crippen LogP contribution is 2.27. The lowest BCUT2D eigenvalue weighted by atomic mass is 9.90. The molecule has 1 aliphatic heterocycles. The van der Waals surface area contributed by atoms with Crippen molar-refractivity contribution >= 4 is 5.91 Å². The predicted molar refractivity (Wildman–Crippen MR) is 91.8 cm³/mol.